The lowest BCUT2D eigenvalue weighted by molar-refractivity contribution is 0.111. The van der Waals surface area contributed by atoms with Crippen LogP contribution in [0.15, 0.2) is 12.1 Å². The van der Waals surface area contributed by atoms with E-state index in [1.807, 2.05) is 0 Å². The summed E-state index contributed by atoms with van der Waals surface area (Å²) in [6.45, 7) is 1.48. The number of hydrogen-bond acceptors (Lipinski definition) is 4. The van der Waals surface area contributed by atoms with Crippen LogP contribution in [-0.4, -0.2) is 38.0 Å². The van der Waals surface area contributed by atoms with Crippen LogP contribution in [-0.2, 0) is 22.3 Å². The SMILES string of the molecule is O=Cc1ccc(C=O)c(CC2CO2)c1CC1CO1. The van der Waals surface area contributed by atoms with Gasteiger partial charge in [0.25, 0.3) is 0 Å². The van der Waals surface area contributed by atoms with Gasteiger partial charge in [-0.05, 0) is 11.1 Å². The molecule has 4 heteroatoms. The van der Waals surface area contributed by atoms with E-state index in [-0.39, 0.29) is 12.2 Å². The number of benzene rings is 1. The minimum atomic E-state index is 0.199. The molecule has 2 unspecified atom stereocenters. The summed E-state index contributed by atoms with van der Waals surface area (Å²) in [7, 11) is 0. The number of epoxide rings is 2. The summed E-state index contributed by atoms with van der Waals surface area (Å²) in [6, 6.07) is 3.43. The Bertz CT molecular complexity index is 442. The lowest BCUT2D eigenvalue weighted by Gasteiger charge is -2.12. The average molecular weight is 246 g/mol. The zero-order valence-electron chi connectivity index (χ0n) is 9.93. The molecule has 2 heterocycles. The summed E-state index contributed by atoms with van der Waals surface area (Å²) in [5.74, 6) is 0. The summed E-state index contributed by atoms with van der Waals surface area (Å²) in [5.41, 5.74) is 3.22. The number of carbonyl (C=O) groups excluding carboxylic acids is 2. The Morgan fingerprint density at radius 3 is 1.61 bits per heavy atom. The average Bonchev–Trinajstić information content (AvgIpc) is 3.24. The van der Waals surface area contributed by atoms with Crippen LogP contribution >= 0.6 is 0 Å². The van der Waals surface area contributed by atoms with E-state index in [4.69, 9.17) is 9.47 Å². The Kier molecular flexibility index (Phi) is 2.97. The predicted octanol–water partition coefficient (Wildman–Crippen LogP) is 1.19. The normalized spacial score (nSPS) is 24.7. The van der Waals surface area contributed by atoms with Crippen molar-refractivity contribution in [2.24, 2.45) is 0 Å². The van der Waals surface area contributed by atoms with Crippen molar-refractivity contribution < 1.29 is 19.1 Å². The lowest BCUT2D eigenvalue weighted by atomic mass is 9.91. The Hall–Kier alpha value is -1.52. The maximum absolute atomic E-state index is 11.1. The summed E-state index contributed by atoms with van der Waals surface area (Å²) in [4.78, 5) is 22.2. The molecule has 0 radical (unpaired) electrons. The van der Waals surface area contributed by atoms with E-state index < -0.39 is 0 Å². The topological polar surface area (TPSA) is 59.2 Å². The van der Waals surface area contributed by atoms with Crippen molar-refractivity contribution in [3.05, 3.63) is 34.4 Å². The molecule has 0 spiro atoms. The Morgan fingerprint density at radius 2 is 1.33 bits per heavy atom. The molecule has 2 aliphatic rings. The third kappa shape index (κ3) is 2.35. The fraction of sp³-hybridized carbons (Fsp3) is 0.429. The van der Waals surface area contributed by atoms with Gasteiger partial charge in [0.15, 0.2) is 0 Å². The molecule has 18 heavy (non-hydrogen) atoms. The molecule has 2 aliphatic heterocycles. The number of hydrogen-bond donors (Lipinski definition) is 0. The van der Waals surface area contributed by atoms with Gasteiger partial charge >= 0.3 is 0 Å². The van der Waals surface area contributed by atoms with E-state index in [2.05, 4.69) is 0 Å². The number of rotatable bonds is 6. The summed E-state index contributed by atoms with van der Waals surface area (Å²) < 4.78 is 10.5. The van der Waals surface area contributed by atoms with Crippen molar-refractivity contribution in [1.29, 1.82) is 0 Å². The maximum Gasteiger partial charge on any atom is 0.150 e. The number of ether oxygens (including phenoxy) is 2. The van der Waals surface area contributed by atoms with Crippen LogP contribution in [0.5, 0.6) is 0 Å². The quantitative estimate of drug-likeness (QED) is 0.559. The van der Waals surface area contributed by atoms with Crippen LogP contribution in [0.2, 0.25) is 0 Å². The van der Waals surface area contributed by atoms with Gasteiger partial charge in [-0.25, -0.2) is 0 Å². The highest BCUT2D eigenvalue weighted by atomic mass is 16.6. The van der Waals surface area contributed by atoms with Crippen LogP contribution < -0.4 is 0 Å². The molecule has 0 amide bonds. The van der Waals surface area contributed by atoms with Crippen molar-refractivity contribution in [2.75, 3.05) is 13.2 Å². The van der Waals surface area contributed by atoms with Gasteiger partial charge in [-0.3, -0.25) is 9.59 Å². The first-order valence-electron chi connectivity index (χ1n) is 6.10. The third-order valence-electron chi connectivity index (χ3n) is 3.43. The molecule has 2 saturated heterocycles. The molecule has 94 valence electrons. The molecule has 0 aliphatic carbocycles. The monoisotopic (exact) mass is 246 g/mol. The van der Waals surface area contributed by atoms with E-state index in [9.17, 15) is 9.59 Å². The molecule has 4 nitrogen and oxygen atoms in total. The Morgan fingerprint density at radius 1 is 0.944 bits per heavy atom. The molecular formula is C14H14O4. The molecule has 1 aromatic carbocycles. The van der Waals surface area contributed by atoms with Gasteiger partial charge in [0, 0.05) is 24.0 Å². The first-order valence-corrected chi connectivity index (χ1v) is 6.10. The van der Waals surface area contributed by atoms with Crippen LogP contribution in [0, 0.1) is 0 Å². The van der Waals surface area contributed by atoms with Crippen LogP contribution in [0.4, 0.5) is 0 Å². The molecular weight excluding hydrogens is 232 g/mol. The molecule has 0 N–H and O–H groups in total. The first-order chi connectivity index (χ1) is 8.81. The molecule has 2 fully saturated rings. The van der Waals surface area contributed by atoms with Crippen LogP contribution in [0.3, 0.4) is 0 Å². The minimum absolute atomic E-state index is 0.199. The number of aldehydes is 2. The van der Waals surface area contributed by atoms with E-state index in [1.165, 1.54) is 0 Å². The van der Waals surface area contributed by atoms with Gasteiger partial charge in [0.2, 0.25) is 0 Å². The Balaban J connectivity index is 2.01. The van der Waals surface area contributed by atoms with Crippen molar-refractivity contribution in [3.63, 3.8) is 0 Å². The van der Waals surface area contributed by atoms with Crippen LogP contribution in [0.1, 0.15) is 31.8 Å². The molecule has 0 bridgehead atoms. The molecule has 0 aromatic heterocycles. The second kappa shape index (κ2) is 4.63. The van der Waals surface area contributed by atoms with E-state index in [0.29, 0.717) is 24.0 Å². The lowest BCUT2D eigenvalue weighted by Crippen LogP contribution is -2.09. The standard InChI is InChI=1S/C14H14O4/c15-5-9-1-2-10(6-16)14(4-12-8-18-12)13(9)3-11-7-17-11/h1-2,5-6,11-12H,3-4,7-8H2. The van der Waals surface area contributed by atoms with Gasteiger partial charge < -0.3 is 9.47 Å². The molecule has 0 saturated carbocycles. The van der Waals surface area contributed by atoms with Gasteiger partial charge in [-0.15, -0.1) is 0 Å². The third-order valence-corrected chi connectivity index (χ3v) is 3.43. The van der Waals surface area contributed by atoms with Crippen molar-refractivity contribution in [1.82, 2.24) is 0 Å². The second-order valence-electron chi connectivity index (χ2n) is 4.76. The van der Waals surface area contributed by atoms with Crippen LogP contribution in [0.25, 0.3) is 0 Å². The van der Waals surface area contributed by atoms with Gasteiger partial charge in [-0.1, -0.05) is 12.1 Å². The van der Waals surface area contributed by atoms with Gasteiger partial charge in [-0.2, -0.15) is 0 Å². The van der Waals surface area contributed by atoms with Crippen molar-refractivity contribution in [3.8, 4) is 0 Å². The molecule has 1 aromatic rings. The zero-order chi connectivity index (χ0) is 12.5. The highest BCUT2D eigenvalue weighted by Crippen LogP contribution is 2.27. The molecule has 2 atom stereocenters. The van der Waals surface area contributed by atoms with Crippen molar-refractivity contribution in [2.45, 2.75) is 25.0 Å². The predicted molar refractivity (Wildman–Crippen MR) is 64.1 cm³/mol. The van der Waals surface area contributed by atoms with Gasteiger partial charge in [0.1, 0.15) is 12.6 Å². The molecule has 3 rings (SSSR count). The zero-order valence-corrected chi connectivity index (χ0v) is 9.93. The van der Waals surface area contributed by atoms with E-state index in [0.717, 1.165) is 36.9 Å². The van der Waals surface area contributed by atoms with Gasteiger partial charge in [0.05, 0.1) is 25.4 Å². The summed E-state index contributed by atoms with van der Waals surface area (Å²) in [6.07, 6.45) is 3.51. The van der Waals surface area contributed by atoms with E-state index >= 15 is 0 Å². The van der Waals surface area contributed by atoms with E-state index in [1.54, 1.807) is 12.1 Å². The number of carbonyl (C=O) groups is 2. The fourth-order valence-corrected chi connectivity index (χ4v) is 2.26. The highest BCUT2D eigenvalue weighted by Gasteiger charge is 2.29. The summed E-state index contributed by atoms with van der Waals surface area (Å²) >= 11 is 0. The van der Waals surface area contributed by atoms with Crippen molar-refractivity contribution >= 4 is 12.6 Å². The second-order valence-corrected chi connectivity index (χ2v) is 4.76. The highest BCUT2D eigenvalue weighted by molar-refractivity contribution is 5.84. The Labute approximate surface area is 105 Å². The minimum Gasteiger partial charge on any atom is -0.373 e. The fourth-order valence-electron chi connectivity index (χ4n) is 2.26. The largest absolute Gasteiger partial charge is 0.373 e. The summed E-state index contributed by atoms with van der Waals surface area (Å²) in [5, 5.41) is 0. The maximum atomic E-state index is 11.1. The smallest absolute Gasteiger partial charge is 0.150 e. The first kappa shape index (κ1) is 11.6.